The number of methoxy groups -OCH3 is 1. The Kier molecular flexibility index (Phi) is 10.5. The van der Waals surface area contributed by atoms with Gasteiger partial charge in [0.15, 0.2) is 11.5 Å². The molecule has 170 valence electrons. The maximum atomic E-state index is 9.96. The number of benzene rings is 2. The topological polar surface area (TPSA) is 47.9 Å². The van der Waals surface area contributed by atoms with Crippen molar-refractivity contribution in [1.82, 2.24) is 0 Å². The second-order valence-corrected chi connectivity index (χ2v) is 8.05. The lowest BCUT2D eigenvalue weighted by atomic mass is 9.99. The van der Waals surface area contributed by atoms with Crippen molar-refractivity contribution in [3.8, 4) is 17.2 Å². The van der Waals surface area contributed by atoms with Crippen LogP contribution in [0.3, 0.4) is 0 Å². The summed E-state index contributed by atoms with van der Waals surface area (Å²) in [4.78, 5) is 0. The largest absolute Gasteiger partial charge is 0.494 e. The summed E-state index contributed by atoms with van der Waals surface area (Å²) in [6, 6.07) is 12.4. The molecule has 0 spiro atoms. The number of ether oxygens (including phenoxy) is 3. The predicted molar refractivity (Wildman–Crippen MR) is 129 cm³/mol. The molecule has 0 saturated heterocycles. The van der Waals surface area contributed by atoms with Gasteiger partial charge in [0.05, 0.1) is 26.4 Å². The Hall–Kier alpha value is -2.46. The molecular formula is C27H38O4. The Labute approximate surface area is 187 Å². The predicted octanol–water partition coefficient (Wildman–Crippen LogP) is 6.39. The van der Waals surface area contributed by atoms with E-state index in [4.69, 9.17) is 14.2 Å². The van der Waals surface area contributed by atoms with Crippen LogP contribution in [-0.2, 0) is 6.42 Å². The van der Waals surface area contributed by atoms with Crippen molar-refractivity contribution >= 4 is 12.2 Å². The fraction of sp³-hybridized carbons (Fsp3) is 0.481. The molecule has 2 aromatic rings. The molecule has 4 nitrogen and oxygen atoms in total. The molecule has 0 fully saturated rings. The second-order valence-electron chi connectivity index (χ2n) is 8.05. The molecule has 2 rings (SSSR count). The van der Waals surface area contributed by atoms with Gasteiger partial charge in [-0.25, -0.2) is 0 Å². The molecule has 0 aliphatic heterocycles. The van der Waals surface area contributed by atoms with Crippen LogP contribution in [-0.4, -0.2) is 31.5 Å². The van der Waals surface area contributed by atoms with E-state index in [1.807, 2.05) is 32.1 Å². The average molecular weight is 427 g/mol. The van der Waals surface area contributed by atoms with Gasteiger partial charge in [0.2, 0.25) is 0 Å². The highest BCUT2D eigenvalue weighted by Crippen LogP contribution is 2.37. The lowest BCUT2D eigenvalue weighted by molar-refractivity contribution is 0.113. The molecule has 31 heavy (non-hydrogen) atoms. The Morgan fingerprint density at radius 3 is 2.42 bits per heavy atom. The molecule has 0 aromatic heterocycles. The third-order valence-electron chi connectivity index (χ3n) is 5.26. The fourth-order valence-corrected chi connectivity index (χ4v) is 3.51. The molecule has 1 unspecified atom stereocenters. The molecule has 0 saturated carbocycles. The highest BCUT2D eigenvalue weighted by atomic mass is 16.5. The van der Waals surface area contributed by atoms with Crippen molar-refractivity contribution in [2.75, 3.05) is 20.3 Å². The minimum atomic E-state index is -0.196. The fourth-order valence-electron chi connectivity index (χ4n) is 3.51. The van der Waals surface area contributed by atoms with E-state index < -0.39 is 0 Å². The van der Waals surface area contributed by atoms with Crippen LogP contribution in [0.15, 0.2) is 36.4 Å². The molecule has 0 aliphatic rings. The van der Waals surface area contributed by atoms with Crippen molar-refractivity contribution in [2.45, 2.75) is 59.5 Å². The molecule has 0 aliphatic carbocycles. The Morgan fingerprint density at radius 1 is 0.968 bits per heavy atom. The van der Waals surface area contributed by atoms with E-state index in [-0.39, 0.29) is 6.10 Å². The van der Waals surface area contributed by atoms with E-state index in [1.54, 1.807) is 7.11 Å². The average Bonchev–Trinajstić information content (AvgIpc) is 2.75. The second kappa shape index (κ2) is 13.1. The van der Waals surface area contributed by atoms with Crippen molar-refractivity contribution in [1.29, 1.82) is 0 Å². The lowest BCUT2D eigenvalue weighted by Crippen LogP contribution is -2.14. The third kappa shape index (κ3) is 7.95. The van der Waals surface area contributed by atoms with Gasteiger partial charge >= 0.3 is 0 Å². The van der Waals surface area contributed by atoms with Crippen molar-refractivity contribution in [3.63, 3.8) is 0 Å². The lowest BCUT2D eigenvalue weighted by Gasteiger charge is -2.14. The Bertz CT molecular complexity index is 826. The van der Waals surface area contributed by atoms with Gasteiger partial charge in [0.1, 0.15) is 5.75 Å². The first-order valence-electron chi connectivity index (χ1n) is 11.4. The first kappa shape index (κ1) is 24.8. The van der Waals surface area contributed by atoms with E-state index in [1.165, 1.54) is 5.56 Å². The van der Waals surface area contributed by atoms with Gasteiger partial charge < -0.3 is 19.3 Å². The zero-order chi connectivity index (χ0) is 22.6. The number of aryl methyl sites for hydroxylation is 1. The van der Waals surface area contributed by atoms with Crippen LogP contribution in [0, 0.1) is 5.92 Å². The molecular weight excluding hydrogens is 388 g/mol. The van der Waals surface area contributed by atoms with E-state index in [0.29, 0.717) is 30.6 Å². The van der Waals surface area contributed by atoms with Crippen LogP contribution in [0.4, 0.5) is 0 Å². The van der Waals surface area contributed by atoms with Gasteiger partial charge in [-0.2, -0.15) is 0 Å². The maximum absolute atomic E-state index is 9.96. The van der Waals surface area contributed by atoms with Gasteiger partial charge in [0, 0.05) is 11.6 Å². The Morgan fingerprint density at radius 2 is 1.74 bits per heavy atom. The molecule has 0 heterocycles. The van der Waals surface area contributed by atoms with Crippen LogP contribution in [0.2, 0.25) is 0 Å². The van der Waals surface area contributed by atoms with E-state index in [9.17, 15) is 5.11 Å². The van der Waals surface area contributed by atoms with E-state index in [0.717, 1.165) is 42.6 Å². The highest BCUT2D eigenvalue weighted by molar-refractivity contribution is 5.75. The van der Waals surface area contributed by atoms with E-state index >= 15 is 0 Å². The summed E-state index contributed by atoms with van der Waals surface area (Å²) in [6.07, 6.45) is 7.95. The monoisotopic (exact) mass is 426 g/mol. The van der Waals surface area contributed by atoms with Crippen LogP contribution in [0.1, 0.15) is 63.6 Å². The van der Waals surface area contributed by atoms with Crippen molar-refractivity contribution in [3.05, 3.63) is 53.1 Å². The first-order valence-corrected chi connectivity index (χ1v) is 11.4. The van der Waals surface area contributed by atoms with Gasteiger partial charge in [0.25, 0.3) is 0 Å². The summed E-state index contributed by atoms with van der Waals surface area (Å²) in [7, 11) is 1.66. The minimum absolute atomic E-state index is 0.196. The number of aliphatic hydroxyl groups is 1. The summed E-state index contributed by atoms with van der Waals surface area (Å²) in [5, 5.41) is 9.96. The minimum Gasteiger partial charge on any atom is -0.494 e. The third-order valence-corrected chi connectivity index (χ3v) is 5.26. The Balaban J connectivity index is 2.11. The van der Waals surface area contributed by atoms with Crippen molar-refractivity contribution < 1.29 is 19.3 Å². The summed E-state index contributed by atoms with van der Waals surface area (Å²) >= 11 is 0. The van der Waals surface area contributed by atoms with Gasteiger partial charge in [-0.15, -0.1) is 0 Å². The number of hydrogen-bond donors (Lipinski definition) is 1. The van der Waals surface area contributed by atoms with Gasteiger partial charge in [-0.3, -0.25) is 0 Å². The van der Waals surface area contributed by atoms with Crippen LogP contribution >= 0.6 is 0 Å². The quantitative estimate of drug-likeness (QED) is 0.298. The zero-order valence-corrected chi connectivity index (χ0v) is 19.7. The molecule has 0 amide bonds. The molecule has 0 bridgehead atoms. The molecule has 0 radical (unpaired) electrons. The molecule has 1 N–H and O–H groups in total. The summed E-state index contributed by atoms with van der Waals surface area (Å²) in [5.41, 5.74) is 3.37. The SMILES string of the molecule is CCOc1cc(C=Cc2cccc(CCCCC(O)C(C)C)c2)c(OC)c(OCC)c1. The molecule has 2 aromatic carbocycles. The van der Waals surface area contributed by atoms with Crippen LogP contribution in [0.5, 0.6) is 17.2 Å². The zero-order valence-electron chi connectivity index (χ0n) is 19.7. The summed E-state index contributed by atoms with van der Waals surface area (Å²) in [5.74, 6) is 2.49. The number of unbranched alkanes of at least 4 members (excludes halogenated alkanes) is 1. The summed E-state index contributed by atoms with van der Waals surface area (Å²) < 4.78 is 17.1. The number of rotatable bonds is 13. The number of aliphatic hydroxyl groups excluding tert-OH is 1. The van der Waals surface area contributed by atoms with Crippen LogP contribution < -0.4 is 14.2 Å². The smallest absolute Gasteiger partial charge is 0.168 e. The van der Waals surface area contributed by atoms with Crippen LogP contribution in [0.25, 0.3) is 12.2 Å². The van der Waals surface area contributed by atoms with Crippen molar-refractivity contribution in [2.24, 2.45) is 5.92 Å². The van der Waals surface area contributed by atoms with E-state index in [2.05, 4.69) is 44.2 Å². The number of hydrogen-bond acceptors (Lipinski definition) is 4. The summed E-state index contributed by atoms with van der Waals surface area (Å²) in [6.45, 7) is 9.21. The van der Waals surface area contributed by atoms with Gasteiger partial charge in [-0.05, 0) is 56.2 Å². The maximum Gasteiger partial charge on any atom is 0.168 e. The molecule has 1 atom stereocenters. The van der Waals surface area contributed by atoms with Gasteiger partial charge in [-0.1, -0.05) is 56.7 Å². The first-order chi connectivity index (χ1) is 15.0. The highest BCUT2D eigenvalue weighted by Gasteiger charge is 2.12. The molecule has 4 heteroatoms. The standard InChI is InChI=1S/C27H38O4/c1-6-30-24-18-23(27(29-5)26(19-24)31-7-2)16-15-22-13-10-12-21(17-22)11-8-9-14-25(28)20(3)4/h10,12-13,15-20,25,28H,6-9,11,14H2,1-5H3. The normalized spacial score (nSPS) is 12.4.